The molecule has 0 aliphatic rings. The summed E-state index contributed by atoms with van der Waals surface area (Å²) in [6.45, 7) is 5.12. The molecule has 0 radical (unpaired) electrons. The Morgan fingerprint density at radius 1 is 1.16 bits per heavy atom. The van der Waals surface area contributed by atoms with Gasteiger partial charge in [0.2, 0.25) is 0 Å². The number of hydrogen-bond donors (Lipinski definition) is 1. The fraction of sp³-hybridized carbons (Fsp3) is 0.250. The van der Waals surface area contributed by atoms with E-state index in [0.717, 1.165) is 0 Å². The molecule has 0 saturated heterocycles. The Bertz CT molecular complexity index is 723. The summed E-state index contributed by atoms with van der Waals surface area (Å²) in [6, 6.07) is 4.67. The van der Waals surface area contributed by atoms with Crippen LogP contribution in [0.1, 0.15) is 16.9 Å². The van der Waals surface area contributed by atoms with E-state index in [4.69, 9.17) is 16.1 Å². The molecule has 0 atom stereocenters. The van der Waals surface area contributed by atoms with Crippen LogP contribution >= 0.6 is 11.6 Å². The van der Waals surface area contributed by atoms with Gasteiger partial charge in [0.15, 0.2) is 5.82 Å². The minimum Gasteiger partial charge on any atom is -0.360 e. The average molecular weight is 301 g/mol. The molecule has 2 aromatic rings. The van der Waals surface area contributed by atoms with E-state index in [1.165, 1.54) is 12.1 Å². The topological polar surface area (TPSA) is 72.2 Å². The van der Waals surface area contributed by atoms with Crippen LogP contribution in [0.2, 0.25) is 5.02 Å². The standard InChI is InChI=1S/C12H13ClN2O3S/c1-7-5-11(8(2)4-10(7)13)19(16,17)15-12-6-9(3)18-14-12/h4-6H,1-3H3,(H,14,15). The average Bonchev–Trinajstić information content (AvgIpc) is 2.68. The van der Waals surface area contributed by atoms with Crippen molar-refractivity contribution in [3.8, 4) is 0 Å². The molecular weight excluding hydrogens is 288 g/mol. The van der Waals surface area contributed by atoms with Crippen molar-refractivity contribution in [2.24, 2.45) is 0 Å². The molecule has 1 N–H and O–H groups in total. The first-order valence-corrected chi connectivity index (χ1v) is 7.38. The Hall–Kier alpha value is -1.53. The van der Waals surface area contributed by atoms with Crippen molar-refractivity contribution < 1.29 is 12.9 Å². The lowest BCUT2D eigenvalue weighted by Gasteiger charge is -2.10. The molecular formula is C12H13ClN2O3S. The predicted octanol–water partition coefficient (Wildman–Crippen LogP) is 3.05. The molecule has 0 bridgehead atoms. The van der Waals surface area contributed by atoms with Gasteiger partial charge in [0, 0.05) is 11.1 Å². The zero-order valence-electron chi connectivity index (χ0n) is 10.7. The molecule has 0 spiro atoms. The minimum absolute atomic E-state index is 0.157. The van der Waals surface area contributed by atoms with Gasteiger partial charge in [-0.05, 0) is 44.0 Å². The van der Waals surface area contributed by atoms with Crippen molar-refractivity contribution in [3.05, 3.63) is 40.1 Å². The number of benzene rings is 1. The van der Waals surface area contributed by atoms with Gasteiger partial charge in [-0.1, -0.05) is 16.8 Å². The third-order valence-corrected chi connectivity index (χ3v) is 4.52. The Kier molecular flexibility index (Phi) is 3.56. The molecule has 5 nitrogen and oxygen atoms in total. The highest BCUT2D eigenvalue weighted by Crippen LogP contribution is 2.25. The second-order valence-corrected chi connectivity index (χ2v) is 6.35. The van der Waals surface area contributed by atoms with E-state index in [0.29, 0.717) is 21.9 Å². The van der Waals surface area contributed by atoms with Crippen LogP contribution in [-0.4, -0.2) is 13.6 Å². The number of halogens is 1. The lowest BCUT2D eigenvalue weighted by Crippen LogP contribution is -2.14. The Labute approximate surface area is 116 Å². The Morgan fingerprint density at radius 2 is 1.84 bits per heavy atom. The lowest BCUT2D eigenvalue weighted by atomic mass is 10.2. The molecule has 1 aromatic carbocycles. The fourth-order valence-electron chi connectivity index (χ4n) is 1.65. The van der Waals surface area contributed by atoms with Gasteiger partial charge < -0.3 is 4.52 Å². The molecule has 0 aliphatic heterocycles. The van der Waals surface area contributed by atoms with E-state index >= 15 is 0 Å². The van der Waals surface area contributed by atoms with Gasteiger partial charge in [0.05, 0.1) is 4.90 Å². The van der Waals surface area contributed by atoms with Crippen LogP contribution in [0, 0.1) is 20.8 Å². The van der Waals surface area contributed by atoms with E-state index in [1.54, 1.807) is 26.8 Å². The molecule has 0 fully saturated rings. The number of aromatic nitrogens is 1. The summed E-state index contributed by atoms with van der Waals surface area (Å²) in [4.78, 5) is 0.176. The van der Waals surface area contributed by atoms with Gasteiger partial charge >= 0.3 is 0 Å². The predicted molar refractivity (Wildman–Crippen MR) is 73.0 cm³/mol. The normalized spacial score (nSPS) is 11.6. The van der Waals surface area contributed by atoms with Gasteiger partial charge in [-0.2, -0.15) is 0 Å². The molecule has 2 rings (SSSR count). The van der Waals surface area contributed by atoms with E-state index < -0.39 is 10.0 Å². The van der Waals surface area contributed by atoms with Crippen molar-refractivity contribution >= 4 is 27.4 Å². The third-order valence-electron chi connectivity index (χ3n) is 2.61. The Morgan fingerprint density at radius 3 is 2.42 bits per heavy atom. The van der Waals surface area contributed by atoms with Crippen LogP contribution in [0.15, 0.2) is 27.6 Å². The molecule has 0 saturated carbocycles. The summed E-state index contributed by atoms with van der Waals surface area (Å²) < 4.78 is 31.7. The second-order valence-electron chi connectivity index (χ2n) is 4.30. The maximum atomic E-state index is 12.3. The summed E-state index contributed by atoms with van der Waals surface area (Å²) in [5, 5.41) is 4.14. The molecule has 0 amide bonds. The van der Waals surface area contributed by atoms with Crippen LogP contribution in [0.25, 0.3) is 0 Å². The summed E-state index contributed by atoms with van der Waals surface area (Å²) in [6.07, 6.45) is 0. The number of sulfonamides is 1. The molecule has 102 valence electrons. The maximum absolute atomic E-state index is 12.3. The first-order chi connectivity index (χ1) is 8.79. The molecule has 0 unspecified atom stereocenters. The van der Waals surface area contributed by atoms with Crippen LogP contribution < -0.4 is 4.72 Å². The molecule has 19 heavy (non-hydrogen) atoms. The second kappa shape index (κ2) is 4.86. The summed E-state index contributed by atoms with van der Waals surface area (Å²) in [5.74, 6) is 0.686. The highest BCUT2D eigenvalue weighted by Gasteiger charge is 2.19. The first-order valence-electron chi connectivity index (χ1n) is 5.52. The zero-order chi connectivity index (χ0) is 14.2. The van der Waals surface area contributed by atoms with E-state index in [2.05, 4.69) is 9.88 Å². The maximum Gasteiger partial charge on any atom is 0.263 e. The number of anilines is 1. The molecule has 7 heteroatoms. The highest BCUT2D eigenvalue weighted by atomic mass is 35.5. The van der Waals surface area contributed by atoms with E-state index in [1.807, 2.05) is 0 Å². The fourth-order valence-corrected chi connectivity index (χ4v) is 3.17. The number of rotatable bonds is 3. The highest BCUT2D eigenvalue weighted by molar-refractivity contribution is 7.92. The monoisotopic (exact) mass is 300 g/mol. The molecule has 1 aromatic heterocycles. The third kappa shape index (κ3) is 2.90. The SMILES string of the molecule is Cc1cc(NS(=O)(=O)c2cc(C)c(Cl)cc2C)no1. The minimum atomic E-state index is -3.70. The molecule has 1 heterocycles. The molecule has 0 aliphatic carbocycles. The largest absolute Gasteiger partial charge is 0.360 e. The van der Waals surface area contributed by atoms with Gasteiger partial charge in [0.1, 0.15) is 5.76 Å². The summed E-state index contributed by atoms with van der Waals surface area (Å²) in [7, 11) is -3.70. The van der Waals surface area contributed by atoms with Gasteiger partial charge in [0.25, 0.3) is 10.0 Å². The first kappa shape index (κ1) is 13.9. The quantitative estimate of drug-likeness (QED) is 0.945. The van der Waals surface area contributed by atoms with Gasteiger partial charge in [-0.15, -0.1) is 0 Å². The van der Waals surface area contributed by atoms with Crippen molar-refractivity contribution in [1.82, 2.24) is 5.16 Å². The van der Waals surface area contributed by atoms with Crippen molar-refractivity contribution in [1.29, 1.82) is 0 Å². The van der Waals surface area contributed by atoms with Gasteiger partial charge in [-0.3, -0.25) is 4.72 Å². The number of nitrogens with one attached hydrogen (secondary N) is 1. The number of hydrogen-bond acceptors (Lipinski definition) is 4. The van der Waals surface area contributed by atoms with E-state index in [-0.39, 0.29) is 10.7 Å². The zero-order valence-corrected chi connectivity index (χ0v) is 12.3. The van der Waals surface area contributed by atoms with Crippen LogP contribution in [0.5, 0.6) is 0 Å². The van der Waals surface area contributed by atoms with Crippen LogP contribution in [-0.2, 0) is 10.0 Å². The van der Waals surface area contributed by atoms with E-state index in [9.17, 15) is 8.42 Å². The van der Waals surface area contributed by atoms with Crippen LogP contribution in [0.3, 0.4) is 0 Å². The van der Waals surface area contributed by atoms with Crippen LogP contribution in [0.4, 0.5) is 5.82 Å². The van der Waals surface area contributed by atoms with Gasteiger partial charge in [-0.25, -0.2) is 8.42 Å². The number of aryl methyl sites for hydroxylation is 3. The summed E-state index contributed by atoms with van der Waals surface area (Å²) >= 11 is 5.96. The van der Waals surface area contributed by atoms with Crippen molar-refractivity contribution in [2.75, 3.05) is 4.72 Å². The smallest absolute Gasteiger partial charge is 0.263 e. The lowest BCUT2D eigenvalue weighted by molar-refractivity contribution is 0.400. The number of nitrogens with zero attached hydrogens (tertiary/aromatic N) is 1. The van der Waals surface area contributed by atoms with Crippen molar-refractivity contribution in [2.45, 2.75) is 25.7 Å². The van der Waals surface area contributed by atoms with Crippen molar-refractivity contribution in [3.63, 3.8) is 0 Å². The summed E-state index contributed by atoms with van der Waals surface area (Å²) in [5.41, 5.74) is 1.27. The Balaban J connectivity index is 2.42.